The fourth-order valence-corrected chi connectivity index (χ4v) is 2.58. The van der Waals surface area contributed by atoms with E-state index in [4.69, 9.17) is 27.6 Å². The lowest BCUT2D eigenvalue weighted by Gasteiger charge is -2.10. The zero-order chi connectivity index (χ0) is 18.0. The molecule has 0 aliphatic heterocycles. The largest absolute Gasteiger partial charge is 0.463 e. The summed E-state index contributed by atoms with van der Waals surface area (Å²) in [6.45, 7) is 4.64. The molecule has 1 N–H and O–H groups in total. The molecule has 0 fully saturated rings. The topological polar surface area (TPSA) is 60.1 Å². The second-order valence-corrected chi connectivity index (χ2v) is 6.82. The second kappa shape index (κ2) is 7.33. The van der Waals surface area contributed by atoms with Gasteiger partial charge in [-0.25, -0.2) is 4.68 Å². The van der Waals surface area contributed by atoms with E-state index in [9.17, 15) is 4.79 Å². The van der Waals surface area contributed by atoms with Crippen LogP contribution in [0.3, 0.4) is 0 Å². The highest BCUT2D eigenvalue weighted by Crippen LogP contribution is 2.27. The van der Waals surface area contributed by atoms with Crippen molar-refractivity contribution in [1.29, 1.82) is 0 Å². The van der Waals surface area contributed by atoms with Gasteiger partial charge in [0, 0.05) is 12.6 Å². The molecule has 0 aliphatic carbocycles. The first-order valence-electron chi connectivity index (χ1n) is 7.83. The van der Waals surface area contributed by atoms with Gasteiger partial charge in [0.05, 0.1) is 22.0 Å². The standard InChI is InChI=1S/C18H17Cl2N3O2/c1-11(2)10-21-18(24)16-9-15(17-4-3-7-25-17)22-23(16)12-5-6-13(19)14(20)8-12/h3-9,11H,10H2,1-2H3,(H,21,24). The smallest absolute Gasteiger partial charge is 0.270 e. The Bertz CT molecular complexity index is 886. The molecular weight excluding hydrogens is 361 g/mol. The predicted octanol–water partition coefficient (Wildman–Crippen LogP) is 4.82. The van der Waals surface area contributed by atoms with Gasteiger partial charge in [0.15, 0.2) is 5.76 Å². The number of amides is 1. The number of rotatable bonds is 5. The van der Waals surface area contributed by atoms with E-state index in [0.717, 1.165) is 0 Å². The van der Waals surface area contributed by atoms with Crippen molar-refractivity contribution in [2.45, 2.75) is 13.8 Å². The molecule has 0 radical (unpaired) electrons. The lowest BCUT2D eigenvalue weighted by atomic mass is 10.2. The fraction of sp³-hybridized carbons (Fsp3) is 0.222. The maximum absolute atomic E-state index is 12.6. The number of hydrogen-bond acceptors (Lipinski definition) is 3. The Labute approximate surface area is 155 Å². The SMILES string of the molecule is CC(C)CNC(=O)c1cc(-c2ccco2)nn1-c1ccc(Cl)c(Cl)c1. The highest BCUT2D eigenvalue weighted by atomic mass is 35.5. The summed E-state index contributed by atoms with van der Waals surface area (Å²) in [7, 11) is 0. The van der Waals surface area contributed by atoms with Gasteiger partial charge in [-0.1, -0.05) is 37.0 Å². The molecule has 2 heterocycles. The predicted molar refractivity (Wildman–Crippen MR) is 98.5 cm³/mol. The van der Waals surface area contributed by atoms with Crippen LogP contribution >= 0.6 is 23.2 Å². The summed E-state index contributed by atoms with van der Waals surface area (Å²) >= 11 is 12.1. The monoisotopic (exact) mass is 377 g/mol. The van der Waals surface area contributed by atoms with E-state index in [2.05, 4.69) is 10.4 Å². The first-order chi connectivity index (χ1) is 12.0. The number of aromatic nitrogens is 2. The number of benzene rings is 1. The molecule has 0 bridgehead atoms. The van der Waals surface area contributed by atoms with Crippen LogP contribution < -0.4 is 5.32 Å². The number of nitrogens with zero attached hydrogens (tertiary/aromatic N) is 2. The zero-order valence-electron chi connectivity index (χ0n) is 13.8. The molecule has 0 aliphatic rings. The Morgan fingerprint density at radius 2 is 2.04 bits per heavy atom. The van der Waals surface area contributed by atoms with Crippen molar-refractivity contribution >= 4 is 29.1 Å². The van der Waals surface area contributed by atoms with E-state index in [1.54, 1.807) is 42.7 Å². The summed E-state index contributed by atoms with van der Waals surface area (Å²) < 4.78 is 6.93. The summed E-state index contributed by atoms with van der Waals surface area (Å²) in [6, 6.07) is 10.3. The Hall–Kier alpha value is -2.24. The molecule has 7 heteroatoms. The molecule has 25 heavy (non-hydrogen) atoms. The first-order valence-corrected chi connectivity index (χ1v) is 8.59. The van der Waals surface area contributed by atoms with Gasteiger partial charge in [0.1, 0.15) is 11.4 Å². The van der Waals surface area contributed by atoms with Crippen LogP contribution in [0.4, 0.5) is 0 Å². The van der Waals surface area contributed by atoms with E-state index >= 15 is 0 Å². The Balaban J connectivity index is 2.05. The van der Waals surface area contributed by atoms with Gasteiger partial charge < -0.3 is 9.73 Å². The third kappa shape index (κ3) is 3.89. The number of carbonyl (C=O) groups excluding carboxylic acids is 1. The Kier molecular flexibility index (Phi) is 5.16. The molecule has 1 aromatic carbocycles. The van der Waals surface area contributed by atoms with E-state index in [-0.39, 0.29) is 5.91 Å². The first kappa shape index (κ1) is 17.6. The maximum atomic E-state index is 12.6. The average Bonchev–Trinajstić information content (AvgIpc) is 3.24. The number of halogens is 2. The lowest BCUT2D eigenvalue weighted by molar-refractivity contribution is 0.0941. The summed E-state index contributed by atoms with van der Waals surface area (Å²) in [5.41, 5.74) is 1.60. The Morgan fingerprint density at radius 1 is 1.24 bits per heavy atom. The number of carbonyl (C=O) groups is 1. The highest BCUT2D eigenvalue weighted by molar-refractivity contribution is 6.42. The molecule has 0 unspecified atom stereocenters. The van der Waals surface area contributed by atoms with Crippen molar-refractivity contribution in [2.24, 2.45) is 5.92 Å². The summed E-state index contributed by atoms with van der Waals surface area (Å²) in [5.74, 6) is 0.705. The van der Waals surface area contributed by atoms with Crippen LogP contribution in [0.15, 0.2) is 47.1 Å². The molecule has 3 rings (SSSR count). The van der Waals surface area contributed by atoms with E-state index in [0.29, 0.717) is 45.3 Å². The van der Waals surface area contributed by atoms with Crippen LogP contribution in [-0.2, 0) is 0 Å². The van der Waals surface area contributed by atoms with Gasteiger partial charge in [-0.3, -0.25) is 4.79 Å². The summed E-state index contributed by atoms with van der Waals surface area (Å²) in [4.78, 5) is 12.6. The third-order valence-electron chi connectivity index (χ3n) is 3.53. The minimum absolute atomic E-state index is 0.218. The second-order valence-electron chi connectivity index (χ2n) is 6.01. The van der Waals surface area contributed by atoms with Crippen molar-refractivity contribution in [2.75, 3.05) is 6.54 Å². The highest BCUT2D eigenvalue weighted by Gasteiger charge is 2.19. The van der Waals surface area contributed by atoms with Crippen LogP contribution in [0, 0.1) is 5.92 Å². The third-order valence-corrected chi connectivity index (χ3v) is 4.27. The van der Waals surface area contributed by atoms with Crippen molar-refractivity contribution in [3.8, 4) is 17.1 Å². The summed E-state index contributed by atoms with van der Waals surface area (Å²) in [5, 5.41) is 8.24. The van der Waals surface area contributed by atoms with Gasteiger partial charge in [-0.15, -0.1) is 0 Å². The van der Waals surface area contributed by atoms with Gasteiger partial charge >= 0.3 is 0 Å². The average molecular weight is 378 g/mol. The van der Waals surface area contributed by atoms with Crippen molar-refractivity contribution in [3.63, 3.8) is 0 Å². The zero-order valence-corrected chi connectivity index (χ0v) is 15.3. The van der Waals surface area contributed by atoms with Crippen LogP contribution in [0.25, 0.3) is 17.1 Å². The molecule has 3 aromatic rings. The molecule has 0 atom stereocenters. The number of hydrogen-bond donors (Lipinski definition) is 1. The van der Waals surface area contributed by atoms with E-state index in [1.807, 2.05) is 13.8 Å². The van der Waals surface area contributed by atoms with Gasteiger partial charge in [-0.2, -0.15) is 5.10 Å². The van der Waals surface area contributed by atoms with Gasteiger partial charge in [0.2, 0.25) is 0 Å². The molecule has 0 saturated carbocycles. The minimum Gasteiger partial charge on any atom is -0.463 e. The molecule has 0 saturated heterocycles. The number of furan rings is 1. The maximum Gasteiger partial charge on any atom is 0.270 e. The molecule has 130 valence electrons. The normalized spacial score (nSPS) is 11.1. The van der Waals surface area contributed by atoms with Crippen LogP contribution in [0.1, 0.15) is 24.3 Å². The molecular formula is C18H17Cl2N3O2. The van der Waals surface area contributed by atoms with Gasteiger partial charge in [-0.05, 0) is 36.2 Å². The lowest BCUT2D eigenvalue weighted by Crippen LogP contribution is -2.29. The van der Waals surface area contributed by atoms with Crippen molar-refractivity contribution in [1.82, 2.24) is 15.1 Å². The molecule has 5 nitrogen and oxygen atoms in total. The van der Waals surface area contributed by atoms with Crippen LogP contribution in [0.5, 0.6) is 0 Å². The minimum atomic E-state index is -0.218. The van der Waals surface area contributed by atoms with Gasteiger partial charge in [0.25, 0.3) is 5.91 Å². The summed E-state index contributed by atoms with van der Waals surface area (Å²) in [6.07, 6.45) is 1.56. The molecule has 2 aromatic heterocycles. The van der Waals surface area contributed by atoms with Crippen molar-refractivity contribution < 1.29 is 9.21 Å². The van der Waals surface area contributed by atoms with Crippen LogP contribution in [-0.4, -0.2) is 22.2 Å². The van der Waals surface area contributed by atoms with Crippen molar-refractivity contribution in [3.05, 3.63) is 58.4 Å². The Morgan fingerprint density at radius 3 is 2.68 bits per heavy atom. The van der Waals surface area contributed by atoms with E-state index in [1.165, 1.54) is 4.68 Å². The van der Waals surface area contributed by atoms with Crippen LogP contribution in [0.2, 0.25) is 10.0 Å². The molecule has 0 spiro atoms. The quantitative estimate of drug-likeness (QED) is 0.692. The number of nitrogens with one attached hydrogen (secondary N) is 1. The molecule has 1 amide bonds. The fourth-order valence-electron chi connectivity index (χ4n) is 2.29. The van der Waals surface area contributed by atoms with E-state index < -0.39 is 0 Å².